The summed E-state index contributed by atoms with van der Waals surface area (Å²) in [6, 6.07) is 0. The number of hydrogen-bond donors (Lipinski definition) is 1. The number of aryl methyl sites for hydroxylation is 1. The minimum atomic E-state index is -0.137. The van der Waals surface area contributed by atoms with Gasteiger partial charge in [-0.05, 0) is 32.8 Å². The van der Waals surface area contributed by atoms with Gasteiger partial charge in [0.05, 0.1) is 6.20 Å². The van der Waals surface area contributed by atoms with E-state index >= 15 is 0 Å². The summed E-state index contributed by atoms with van der Waals surface area (Å²) in [5.41, 5.74) is 6.96. The maximum Gasteiger partial charge on any atom is 0.0522 e. The van der Waals surface area contributed by atoms with Crippen LogP contribution in [0, 0.1) is 0 Å². The molecule has 0 saturated heterocycles. The average Bonchev–Trinajstić information content (AvgIpc) is 2.32. The number of nitrogens with two attached hydrogens (primary N) is 1. The Balaban J connectivity index is 2.64. The normalized spacial score (nSPS) is 12.0. The van der Waals surface area contributed by atoms with E-state index in [1.165, 1.54) is 5.56 Å². The number of aromatic nitrogens is 2. The molecule has 0 unspecified atom stereocenters. The van der Waals surface area contributed by atoms with Gasteiger partial charge < -0.3 is 5.73 Å². The van der Waals surface area contributed by atoms with Gasteiger partial charge in [0, 0.05) is 18.3 Å². The molecule has 68 valence electrons. The molecule has 0 saturated carbocycles. The van der Waals surface area contributed by atoms with Crippen LogP contribution < -0.4 is 5.73 Å². The molecule has 12 heavy (non-hydrogen) atoms. The van der Waals surface area contributed by atoms with Gasteiger partial charge in [0.25, 0.3) is 0 Å². The predicted octanol–water partition coefficient (Wildman–Crippen LogP) is 1.18. The second-order valence-electron chi connectivity index (χ2n) is 3.87. The van der Waals surface area contributed by atoms with Gasteiger partial charge in [0.2, 0.25) is 0 Å². The van der Waals surface area contributed by atoms with Crippen molar-refractivity contribution in [3.8, 4) is 0 Å². The van der Waals surface area contributed by atoms with Crippen molar-refractivity contribution in [1.82, 2.24) is 9.78 Å². The highest BCUT2D eigenvalue weighted by Crippen LogP contribution is 2.08. The van der Waals surface area contributed by atoms with E-state index in [4.69, 9.17) is 5.73 Å². The molecule has 2 N–H and O–H groups in total. The van der Waals surface area contributed by atoms with Crippen molar-refractivity contribution in [3.63, 3.8) is 0 Å². The summed E-state index contributed by atoms with van der Waals surface area (Å²) in [5, 5.41) is 4.18. The molecule has 0 aliphatic rings. The second kappa shape index (κ2) is 3.27. The number of rotatable bonds is 3. The van der Waals surface area contributed by atoms with E-state index in [9.17, 15) is 0 Å². The molecule has 3 nitrogen and oxygen atoms in total. The summed E-state index contributed by atoms with van der Waals surface area (Å²) in [6.45, 7) is 7.04. The van der Waals surface area contributed by atoms with Crippen LogP contribution in [0.5, 0.6) is 0 Å². The van der Waals surface area contributed by atoms with Crippen LogP contribution >= 0.6 is 0 Å². The summed E-state index contributed by atoms with van der Waals surface area (Å²) in [6.07, 6.45) is 4.82. The SMILES string of the molecule is CCn1cc(CC(C)(C)N)cn1. The molecule has 0 bridgehead atoms. The molecule has 1 aromatic rings. The van der Waals surface area contributed by atoms with Crippen LogP contribution in [0.2, 0.25) is 0 Å². The highest BCUT2D eigenvalue weighted by molar-refractivity contribution is 5.07. The highest BCUT2D eigenvalue weighted by Gasteiger charge is 2.12. The Morgan fingerprint density at radius 3 is 2.67 bits per heavy atom. The quantitative estimate of drug-likeness (QED) is 0.734. The fraction of sp³-hybridized carbons (Fsp3) is 0.667. The molecule has 0 aromatic carbocycles. The lowest BCUT2D eigenvalue weighted by Gasteiger charge is -2.16. The summed E-state index contributed by atoms with van der Waals surface area (Å²) >= 11 is 0. The summed E-state index contributed by atoms with van der Waals surface area (Å²) < 4.78 is 1.92. The summed E-state index contributed by atoms with van der Waals surface area (Å²) in [7, 11) is 0. The van der Waals surface area contributed by atoms with Gasteiger partial charge in [-0.3, -0.25) is 4.68 Å². The van der Waals surface area contributed by atoms with E-state index in [0.29, 0.717) is 0 Å². The zero-order valence-corrected chi connectivity index (χ0v) is 8.04. The van der Waals surface area contributed by atoms with Gasteiger partial charge in [0.15, 0.2) is 0 Å². The predicted molar refractivity (Wildman–Crippen MR) is 49.9 cm³/mol. The highest BCUT2D eigenvalue weighted by atomic mass is 15.3. The third-order valence-electron chi connectivity index (χ3n) is 1.67. The first kappa shape index (κ1) is 9.26. The first-order valence-electron chi connectivity index (χ1n) is 4.31. The van der Waals surface area contributed by atoms with Crippen LogP contribution in [0.25, 0.3) is 0 Å². The Bertz CT molecular complexity index is 245. The van der Waals surface area contributed by atoms with E-state index in [1.54, 1.807) is 0 Å². The van der Waals surface area contributed by atoms with Crippen LogP contribution in [0.15, 0.2) is 12.4 Å². The minimum Gasteiger partial charge on any atom is -0.325 e. The molecule has 1 rings (SSSR count). The molecule has 1 heterocycles. The van der Waals surface area contributed by atoms with E-state index in [1.807, 2.05) is 24.7 Å². The van der Waals surface area contributed by atoms with Gasteiger partial charge in [-0.25, -0.2) is 0 Å². The number of nitrogens with zero attached hydrogens (tertiary/aromatic N) is 2. The molecule has 0 aliphatic carbocycles. The van der Waals surface area contributed by atoms with Gasteiger partial charge in [-0.1, -0.05) is 0 Å². The minimum absolute atomic E-state index is 0.137. The monoisotopic (exact) mass is 167 g/mol. The Morgan fingerprint density at radius 1 is 1.58 bits per heavy atom. The molecule has 3 heteroatoms. The Labute approximate surface area is 73.6 Å². The maximum absolute atomic E-state index is 5.88. The van der Waals surface area contributed by atoms with Crippen LogP contribution in [0.4, 0.5) is 0 Å². The van der Waals surface area contributed by atoms with E-state index < -0.39 is 0 Å². The third-order valence-corrected chi connectivity index (χ3v) is 1.67. The van der Waals surface area contributed by atoms with Crippen molar-refractivity contribution in [2.75, 3.05) is 0 Å². The smallest absolute Gasteiger partial charge is 0.0522 e. The first-order chi connectivity index (χ1) is 5.51. The fourth-order valence-electron chi connectivity index (χ4n) is 1.20. The fourth-order valence-corrected chi connectivity index (χ4v) is 1.20. The van der Waals surface area contributed by atoms with Crippen LogP contribution in [0.3, 0.4) is 0 Å². The van der Waals surface area contributed by atoms with Crippen LogP contribution in [-0.4, -0.2) is 15.3 Å². The molecule has 0 fully saturated rings. The van der Waals surface area contributed by atoms with E-state index in [-0.39, 0.29) is 5.54 Å². The average molecular weight is 167 g/mol. The van der Waals surface area contributed by atoms with Crippen LogP contribution in [-0.2, 0) is 13.0 Å². The van der Waals surface area contributed by atoms with Crippen molar-refractivity contribution in [1.29, 1.82) is 0 Å². The molecule has 0 atom stereocenters. The van der Waals surface area contributed by atoms with Crippen molar-refractivity contribution in [2.24, 2.45) is 5.73 Å². The first-order valence-corrected chi connectivity index (χ1v) is 4.31. The third kappa shape index (κ3) is 2.66. The molecule has 1 aromatic heterocycles. The summed E-state index contributed by atoms with van der Waals surface area (Å²) in [5.74, 6) is 0. The standard InChI is InChI=1S/C9H17N3/c1-4-12-7-8(6-11-12)5-9(2,3)10/h6-7H,4-5,10H2,1-3H3. The lowest BCUT2D eigenvalue weighted by Crippen LogP contribution is -2.34. The van der Waals surface area contributed by atoms with Gasteiger partial charge >= 0.3 is 0 Å². The molecule has 0 amide bonds. The van der Waals surface area contributed by atoms with Crippen molar-refractivity contribution < 1.29 is 0 Å². The maximum atomic E-state index is 5.88. The summed E-state index contributed by atoms with van der Waals surface area (Å²) in [4.78, 5) is 0. The molecular formula is C9H17N3. The van der Waals surface area contributed by atoms with Crippen molar-refractivity contribution >= 4 is 0 Å². The largest absolute Gasteiger partial charge is 0.325 e. The zero-order chi connectivity index (χ0) is 9.19. The van der Waals surface area contributed by atoms with E-state index in [0.717, 1.165) is 13.0 Å². The molecular weight excluding hydrogens is 150 g/mol. The van der Waals surface area contributed by atoms with Crippen molar-refractivity contribution in [2.45, 2.75) is 39.3 Å². The van der Waals surface area contributed by atoms with E-state index in [2.05, 4.69) is 18.2 Å². The number of hydrogen-bond acceptors (Lipinski definition) is 2. The molecule has 0 spiro atoms. The van der Waals surface area contributed by atoms with Gasteiger partial charge in [0.1, 0.15) is 0 Å². The Kier molecular flexibility index (Phi) is 2.52. The Hall–Kier alpha value is -0.830. The lowest BCUT2D eigenvalue weighted by molar-refractivity contribution is 0.516. The lowest BCUT2D eigenvalue weighted by atomic mass is 9.99. The van der Waals surface area contributed by atoms with Gasteiger partial charge in [-0.2, -0.15) is 5.10 Å². The molecule has 0 aliphatic heterocycles. The second-order valence-corrected chi connectivity index (χ2v) is 3.87. The molecule has 0 radical (unpaired) electrons. The van der Waals surface area contributed by atoms with Gasteiger partial charge in [-0.15, -0.1) is 0 Å². The zero-order valence-electron chi connectivity index (χ0n) is 8.04. The van der Waals surface area contributed by atoms with Crippen molar-refractivity contribution in [3.05, 3.63) is 18.0 Å². The van der Waals surface area contributed by atoms with Crippen LogP contribution in [0.1, 0.15) is 26.3 Å². The Morgan fingerprint density at radius 2 is 2.25 bits per heavy atom. The topological polar surface area (TPSA) is 43.8 Å².